The average molecular weight is 395 g/mol. The molecule has 0 unspecified atom stereocenters. The second-order valence-corrected chi connectivity index (χ2v) is 8.27. The molecule has 0 saturated heterocycles. The number of carbonyl (C=O) groups excluding carboxylic acids is 2. The summed E-state index contributed by atoms with van der Waals surface area (Å²) in [7, 11) is -3.39. The van der Waals surface area contributed by atoms with E-state index in [-0.39, 0.29) is 22.6 Å². The molecule has 26 heavy (non-hydrogen) atoms. The zero-order chi connectivity index (χ0) is 19.1. The van der Waals surface area contributed by atoms with Crippen molar-refractivity contribution in [3.8, 4) is 0 Å². The zero-order valence-electron chi connectivity index (χ0n) is 13.9. The van der Waals surface area contributed by atoms with Gasteiger partial charge in [-0.2, -0.15) is 0 Å². The molecular weight excluding hydrogens is 380 g/mol. The minimum atomic E-state index is -3.39. The summed E-state index contributed by atoms with van der Waals surface area (Å²) in [6, 6.07) is 3.63. The van der Waals surface area contributed by atoms with Crippen LogP contribution in [0.2, 0.25) is 5.28 Å². The summed E-state index contributed by atoms with van der Waals surface area (Å²) in [5, 5.41) is 2.70. The van der Waals surface area contributed by atoms with E-state index in [9.17, 15) is 18.0 Å². The Labute approximate surface area is 155 Å². The van der Waals surface area contributed by atoms with Crippen LogP contribution in [0.25, 0.3) is 0 Å². The van der Waals surface area contributed by atoms with Crippen LogP contribution in [-0.4, -0.2) is 41.4 Å². The third-order valence-corrected chi connectivity index (χ3v) is 5.34. The summed E-state index contributed by atoms with van der Waals surface area (Å²) in [5.41, 5.74) is 1.54. The van der Waals surface area contributed by atoms with Gasteiger partial charge in [-0.05, 0) is 34.9 Å². The predicted molar refractivity (Wildman–Crippen MR) is 94.2 cm³/mol. The van der Waals surface area contributed by atoms with Gasteiger partial charge in [0.05, 0.1) is 23.0 Å². The number of rotatable bonds is 3. The van der Waals surface area contributed by atoms with Crippen molar-refractivity contribution < 1.29 is 18.0 Å². The van der Waals surface area contributed by atoms with E-state index in [1.54, 1.807) is 6.07 Å². The van der Waals surface area contributed by atoms with E-state index in [0.717, 1.165) is 6.26 Å². The van der Waals surface area contributed by atoms with Crippen LogP contribution < -0.4 is 5.32 Å². The maximum atomic E-state index is 12.7. The number of sulfone groups is 1. The van der Waals surface area contributed by atoms with Gasteiger partial charge in [-0.1, -0.05) is 6.07 Å². The molecule has 1 aromatic heterocycles. The van der Waals surface area contributed by atoms with E-state index in [2.05, 4.69) is 15.3 Å². The highest BCUT2D eigenvalue weighted by atomic mass is 35.5. The number of aromatic nitrogens is 2. The molecule has 8 nitrogen and oxygen atoms in total. The molecule has 0 aliphatic carbocycles. The number of nitrogens with one attached hydrogen (secondary N) is 1. The number of benzene rings is 1. The first kappa shape index (κ1) is 18.3. The highest BCUT2D eigenvalue weighted by Gasteiger charge is 2.37. The smallest absolute Gasteiger partial charge is 0.251 e. The number of carbonyl (C=O) groups is 2. The lowest BCUT2D eigenvalue weighted by molar-refractivity contribution is -0.136. The number of anilines is 1. The fourth-order valence-corrected chi connectivity index (χ4v) is 3.59. The van der Waals surface area contributed by atoms with Crippen molar-refractivity contribution in [3.63, 3.8) is 0 Å². The van der Waals surface area contributed by atoms with Crippen molar-refractivity contribution in [2.24, 2.45) is 0 Å². The SMILES string of the molecule is CC(=O)N1Cc2cc(S(C)(=O)=O)ccc2[C@@H]1C(=O)Nc1cnc(Cl)nc1. The van der Waals surface area contributed by atoms with Gasteiger partial charge < -0.3 is 10.2 Å². The summed E-state index contributed by atoms with van der Waals surface area (Å²) in [4.78, 5) is 33.8. The molecule has 2 amide bonds. The Hall–Kier alpha value is -2.52. The molecule has 10 heteroatoms. The molecule has 1 N–H and O–H groups in total. The van der Waals surface area contributed by atoms with Gasteiger partial charge >= 0.3 is 0 Å². The van der Waals surface area contributed by atoms with Crippen molar-refractivity contribution in [2.45, 2.75) is 24.4 Å². The summed E-state index contributed by atoms with van der Waals surface area (Å²) >= 11 is 5.62. The lowest BCUT2D eigenvalue weighted by Gasteiger charge is -2.23. The molecule has 3 rings (SSSR count). The summed E-state index contributed by atoms with van der Waals surface area (Å²) in [5.74, 6) is -0.744. The van der Waals surface area contributed by atoms with Crippen LogP contribution in [0.3, 0.4) is 0 Å². The van der Waals surface area contributed by atoms with Gasteiger partial charge in [-0.25, -0.2) is 18.4 Å². The highest BCUT2D eigenvalue weighted by Crippen LogP contribution is 2.36. The lowest BCUT2D eigenvalue weighted by Crippen LogP contribution is -2.35. The first-order valence-corrected chi connectivity index (χ1v) is 9.82. The van der Waals surface area contributed by atoms with E-state index < -0.39 is 21.8 Å². The highest BCUT2D eigenvalue weighted by molar-refractivity contribution is 7.90. The largest absolute Gasteiger partial charge is 0.322 e. The fourth-order valence-electron chi connectivity index (χ4n) is 2.82. The quantitative estimate of drug-likeness (QED) is 0.791. The molecular formula is C16H15ClN4O4S. The molecule has 0 spiro atoms. The monoisotopic (exact) mass is 394 g/mol. The van der Waals surface area contributed by atoms with Crippen molar-refractivity contribution in [3.05, 3.63) is 47.0 Å². The topological polar surface area (TPSA) is 109 Å². The van der Waals surface area contributed by atoms with Crippen molar-refractivity contribution in [1.82, 2.24) is 14.9 Å². The summed E-state index contributed by atoms with van der Waals surface area (Å²) in [6.07, 6.45) is 3.82. The Morgan fingerprint density at radius 1 is 1.27 bits per heavy atom. The van der Waals surface area contributed by atoms with E-state index in [0.29, 0.717) is 16.8 Å². The van der Waals surface area contributed by atoms with Crippen LogP contribution in [0.4, 0.5) is 5.69 Å². The van der Waals surface area contributed by atoms with Crippen LogP contribution in [0.5, 0.6) is 0 Å². The predicted octanol–water partition coefficient (Wildman–Crippen LogP) is 1.58. The molecule has 136 valence electrons. The third kappa shape index (κ3) is 3.54. The standard InChI is InChI=1S/C16H15ClN4O4S/c1-9(22)21-8-10-5-12(26(2,24)25)3-4-13(10)14(21)15(23)20-11-6-18-16(17)19-7-11/h3-7,14H,8H2,1-2H3,(H,20,23)/t14-/m1/s1. The van der Waals surface area contributed by atoms with Crippen LogP contribution in [0, 0.1) is 0 Å². The maximum absolute atomic E-state index is 12.7. The number of nitrogens with zero attached hydrogens (tertiary/aromatic N) is 3. The minimum absolute atomic E-state index is 0.0490. The third-order valence-electron chi connectivity index (χ3n) is 4.03. The molecule has 0 radical (unpaired) electrons. The van der Waals surface area contributed by atoms with E-state index in [1.807, 2.05) is 0 Å². The molecule has 0 saturated carbocycles. The van der Waals surface area contributed by atoms with Gasteiger partial charge in [0.2, 0.25) is 11.2 Å². The Balaban J connectivity index is 1.95. The summed E-state index contributed by atoms with van der Waals surface area (Å²) in [6.45, 7) is 1.51. The van der Waals surface area contributed by atoms with Crippen LogP contribution in [-0.2, 0) is 26.0 Å². The minimum Gasteiger partial charge on any atom is -0.322 e. The van der Waals surface area contributed by atoms with E-state index in [1.165, 1.54) is 36.4 Å². The van der Waals surface area contributed by atoms with Crippen LogP contribution in [0.15, 0.2) is 35.5 Å². The molecule has 1 aliphatic heterocycles. The summed E-state index contributed by atoms with van der Waals surface area (Å²) < 4.78 is 23.5. The maximum Gasteiger partial charge on any atom is 0.251 e. The Kier molecular flexibility index (Phi) is 4.68. The van der Waals surface area contributed by atoms with E-state index in [4.69, 9.17) is 11.6 Å². The van der Waals surface area contributed by atoms with Crippen molar-refractivity contribution >= 4 is 38.9 Å². The molecule has 1 aromatic carbocycles. The number of fused-ring (bicyclic) bond motifs is 1. The van der Waals surface area contributed by atoms with Gasteiger partial charge in [0, 0.05) is 19.7 Å². The second-order valence-electron chi connectivity index (χ2n) is 5.91. The fraction of sp³-hybridized carbons (Fsp3) is 0.250. The van der Waals surface area contributed by atoms with Gasteiger partial charge in [0.25, 0.3) is 5.91 Å². The first-order chi connectivity index (χ1) is 12.2. The Bertz CT molecular complexity index is 992. The lowest BCUT2D eigenvalue weighted by atomic mass is 10.0. The number of amides is 2. The number of hydrogen-bond donors (Lipinski definition) is 1. The first-order valence-electron chi connectivity index (χ1n) is 7.55. The molecule has 1 aliphatic rings. The second kappa shape index (κ2) is 6.65. The molecule has 2 aromatic rings. The Morgan fingerprint density at radius 2 is 1.92 bits per heavy atom. The van der Waals surface area contributed by atoms with Gasteiger partial charge in [-0.3, -0.25) is 9.59 Å². The zero-order valence-corrected chi connectivity index (χ0v) is 15.5. The Morgan fingerprint density at radius 3 is 2.50 bits per heavy atom. The van der Waals surface area contributed by atoms with Gasteiger partial charge in [0.15, 0.2) is 9.84 Å². The number of hydrogen-bond acceptors (Lipinski definition) is 6. The van der Waals surface area contributed by atoms with E-state index >= 15 is 0 Å². The van der Waals surface area contributed by atoms with Gasteiger partial charge in [-0.15, -0.1) is 0 Å². The van der Waals surface area contributed by atoms with Crippen molar-refractivity contribution in [1.29, 1.82) is 0 Å². The normalized spacial score (nSPS) is 16.3. The van der Waals surface area contributed by atoms with Crippen LogP contribution in [0.1, 0.15) is 24.1 Å². The van der Waals surface area contributed by atoms with Crippen LogP contribution >= 0.6 is 11.6 Å². The molecule has 0 bridgehead atoms. The number of halogens is 1. The molecule has 0 fully saturated rings. The van der Waals surface area contributed by atoms with Crippen molar-refractivity contribution in [2.75, 3.05) is 11.6 Å². The van der Waals surface area contributed by atoms with Gasteiger partial charge in [0.1, 0.15) is 6.04 Å². The average Bonchev–Trinajstić information content (AvgIpc) is 2.95. The molecule has 2 heterocycles. The molecule has 1 atom stereocenters.